The number of rotatable bonds is 3. The molecule has 1 aromatic heterocycles. The third-order valence-electron chi connectivity index (χ3n) is 2.14. The predicted molar refractivity (Wildman–Crippen MR) is 69.5 cm³/mol. The number of halogens is 1. The lowest BCUT2D eigenvalue weighted by atomic mass is 10.3. The maximum Gasteiger partial charge on any atom is 0.312 e. The largest absolute Gasteiger partial charge is 0.429 e. The monoisotopic (exact) mass is 309 g/mol. The Labute approximate surface area is 111 Å². The zero-order valence-corrected chi connectivity index (χ0v) is 10.6. The van der Waals surface area contributed by atoms with Crippen LogP contribution in [0, 0.1) is 10.1 Å². The highest BCUT2D eigenvalue weighted by atomic mass is 79.9. The highest BCUT2D eigenvalue weighted by Crippen LogP contribution is 2.38. The van der Waals surface area contributed by atoms with E-state index in [1.54, 1.807) is 24.3 Å². The molecule has 0 unspecified atom stereocenters. The molecule has 92 valence electrons. The third-order valence-corrected chi connectivity index (χ3v) is 2.77. The van der Waals surface area contributed by atoms with Crippen molar-refractivity contribution in [2.75, 3.05) is 5.73 Å². The van der Waals surface area contributed by atoms with Gasteiger partial charge in [0, 0.05) is 12.3 Å². The third kappa shape index (κ3) is 2.40. The minimum Gasteiger partial charge on any atom is -0.429 e. The molecule has 0 amide bonds. The average Bonchev–Trinajstić information content (AvgIpc) is 2.34. The van der Waals surface area contributed by atoms with Crippen LogP contribution in [0.4, 0.5) is 11.4 Å². The fourth-order valence-electron chi connectivity index (χ4n) is 1.33. The van der Waals surface area contributed by atoms with Crippen molar-refractivity contribution in [2.24, 2.45) is 0 Å². The molecule has 0 radical (unpaired) electrons. The summed E-state index contributed by atoms with van der Waals surface area (Å²) >= 11 is 3.20. The number of nitrogens with zero attached hydrogens (tertiary/aromatic N) is 2. The van der Waals surface area contributed by atoms with Crippen molar-refractivity contribution in [3.8, 4) is 11.6 Å². The molecule has 1 aromatic carbocycles. The van der Waals surface area contributed by atoms with E-state index in [1.165, 1.54) is 12.3 Å². The van der Waals surface area contributed by atoms with Gasteiger partial charge in [0.05, 0.1) is 15.1 Å². The van der Waals surface area contributed by atoms with Crippen LogP contribution in [0.2, 0.25) is 0 Å². The average molecular weight is 310 g/mol. The van der Waals surface area contributed by atoms with Crippen molar-refractivity contribution >= 4 is 27.3 Å². The number of para-hydroxylation sites is 1. The van der Waals surface area contributed by atoms with Gasteiger partial charge in [-0.2, -0.15) is 0 Å². The molecule has 2 rings (SSSR count). The van der Waals surface area contributed by atoms with Crippen molar-refractivity contribution < 1.29 is 9.66 Å². The Balaban J connectivity index is 2.46. The number of aromatic nitrogens is 1. The lowest BCUT2D eigenvalue weighted by Crippen LogP contribution is -1.98. The Hall–Kier alpha value is -2.15. The van der Waals surface area contributed by atoms with Crippen LogP contribution in [-0.2, 0) is 0 Å². The molecule has 1 heterocycles. The molecule has 6 nitrogen and oxygen atoms in total. The zero-order chi connectivity index (χ0) is 13.1. The number of pyridine rings is 1. The Morgan fingerprint density at radius 1 is 1.33 bits per heavy atom. The second kappa shape index (κ2) is 5.01. The van der Waals surface area contributed by atoms with Crippen LogP contribution in [-0.4, -0.2) is 9.91 Å². The molecular formula is C11H8BrN3O3. The van der Waals surface area contributed by atoms with Crippen molar-refractivity contribution in [3.05, 3.63) is 51.1 Å². The number of hydrogen-bond donors (Lipinski definition) is 1. The maximum atomic E-state index is 10.9. The van der Waals surface area contributed by atoms with E-state index in [4.69, 9.17) is 10.5 Å². The van der Waals surface area contributed by atoms with Crippen molar-refractivity contribution in [2.45, 2.75) is 0 Å². The minimum atomic E-state index is -0.529. The van der Waals surface area contributed by atoms with E-state index in [9.17, 15) is 10.1 Å². The SMILES string of the molecule is Nc1cccnc1Oc1c(Br)cccc1[N+](=O)[O-]. The molecule has 0 aliphatic rings. The molecule has 0 saturated carbocycles. The normalized spacial score (nSPS) is 10.1. The van der Waals surface area contributed by atoms with Crippen LogP contribution in [0.15, 0.2) is 41.0 Å². The number of ether oxygens (including phenoxy) is 1. The van der Waals surface area contributed by atoms with E-state index < -0.39 is 4.92 Å². The molecule has 7 heteroatoms. The second-order valence-corrected chi connectivity index (χ2v) is 4.20. The number of nitrogens with two attached hydrogens (primary N) is 1. The lowest BCUT2D eigenvalue weighted by Gasteiger charge is -2.08. The molecule has 0 bridgehead atoms. The van der Waals surface area contributed by atoms with Crippen LogP contribution in [0.25, 0.3) is 0 Å². The first-order chi connectivity index (χ1) is 8.59. The first-order valence-electron chi connectivity index (χ1n) is 4.91. The fourth-order valence-corrected chi connectivity index (χ4v) is 1.76. The van der Waals surface area contributed by atoms with Gasteiger partial charge in [-0.25, -0.2) is 4.98 Å². The van der Waals surface area contributed by atoms with E-state index in [-0.39, 0.29) is 17.3 Å². The van der Waals surface area contributed by atoms with Gasteiger partial charge < -0.3 is 10.5 Å². The number of nitro groups is 1. The Kier molecular flexibility index (Phi) is 3.42. The van der Waals surface area contributed by atoms with Gasteiger partial charge in [0.2, 0.25) is 11.6 Å². The predicted octanol–water partition coefficient (Wildman–Crippen LogP) is 3.13. The quantitative estimate of drug-likeness (QED) is 0.694. The van der Waals surface area contributed by atoms with Crippen LogP contribution in [0.5, 0.6) is 11.6 Å². The topological polar surface area (TPSA) is 91.3 Å². The molecular weight excluding hydrogens is 302 g/mol. The first-order valence-corrected chi connectivity index (χ1v) is 5.70. The smallest absolute Gasteiger partial charge is 0.312 e. The highest BCUT2D eigenvalue weighted by Gasteiger charge is 2.19. The second-order valence-electron chi connectivity index (χ2n) is 3.35. The van der Waals surface area contributed by atoms with E-state index in [2.05, 4.69) is 20.9 Å². The van der Waals surface area contributed by atoms with E-state index >= 15 is 0 Å². The molecule has 0 atom stereocenters. The zero-order valence-electron chi connectivity index (χ0n) is 9.04. The Morgan fingerprint density at radius 2 is 2.11 bits per heavy atom. The van der Waals surface area contributed by atoms with Crippen molar-refractivity contribution in [1.82, 2.24) is 4.98 Å². The van der Waals surface area contributed by atoms with Crippen molar-refractivity contribution in [1.29, 1.82) is 0 Å². The van der Waals surface area contributed by atoms with Gasteiger partial charge in [-0.1, -0.05) is 6.07 Å². The van der Waals surface area contributed by atoms with Gasteiger partial charge >= 0.3 is 5.69 Å². The van der Waals surface area contributed by atoms with Crippen LogP contribution in [0.3, 0.4) is 0 Å². The number of nitrogen functional groups attached to an aromatic ring is 1. The molecule has 18 heavy (non-hydrogen) atoms. The van der Waals surface area contributed by atoms with E-state index in [0.29, 0.717) is 10.2 Å². The summed E-state index contributed by atoms with van der Waals surface area (Å²) < 4.78 is 5.87. The summed E-state index contributed by atoms with van der Waals surface area (Å²) in [7, 11) is 0. The van der Waals surface area contributed by atoms with Crippen LogP contribution >= 0.6 is 15.9 Å². The summed E-state index contributed by atoms with van der Waals surface area (Å²) in [6.07, 6.45) is 1.49. The van der Waals surface area contributed by atoms with Gasteiger partial charge in [0.25, 0.3) is 0 Å². The molecule has 2 aromatic rings. The highest BCUT2D eigenvalue weighted by molar-refractivity contribution is 9.10. The van der Waals surface area contributed by atoms with E-state index in [1.807, 2.05) is 0 Å². The number of hydrogen-bond acceptors (Lipinski definition) is 5. The van der Waals surface area contributed by atoms with Gasteiger partial charge in [-0.3, -0.25) is 10.1 Å². The molecule has 0 aliphatic heterocycles. The summed E-state index contributed by atoms with van der Waals surface area (Å²) in [4.78, 5) is 14.3. The fraction of sp³-hybridized carbons (Fsp3) is 0. The Morgan fingerprint density at radius 3 is 2.78 bits per heavy atom. The summed E-state index contributed by atoms with van der Waals surface area (Å²) in [6, 6.07) is 7.79. The number of nitro benzene ring substituents is 1. The standard InChI is InChI=1S/C11H8BrN3O3/c12-7-3-1-5-9(15(16)17)10(7)18-11-8(13)4-2-6-14-11/h1-6H,13H2. The number of anilines is 1. The molecule has 0 saturated heterocycles. The Bertz CT molecular complexity index is 604. The molecule has 0 spiro atoms. The summed E-state index contributed by atoms with van der Waals surface area (Å²) in [6.45, 7) is 0. The molecule has 2 N–H and O–H groups in total. The molecule has 0 aliphatic carbocycles. The van der Waals surface area contributed by atoms with Crippen LogP contribution < -0.4 is 10.5 Å². The maximum absolute atomic E-state index is 10.9. The molecule has 0 fully saturated rings. The lowest BCUT2D eigenvalue weighted by molar-refractivity contribution is -0.385. The van der Waals surface area contributed by atoms with Gasteiger partial charge in [0.15, 0.2) is 0 Å². The minimum absolute atomic E-state index is 0.0768. The van der Waals surface area contributed by atoms with Gasteiger partial charge in [0.1, 0.15) is 0 Å². The summed E-state index contributed by atoms with van der Waals surface area (Å²) in [5.41, 5.74) is 5.82. The van der Waals surface area contributed by atoms with Crippen LogP contribution in [0.1, 0.15) is 0 Å². The van der Waals surface area contributed by atoms with Gasteiger partial charge in [-0.15, -0.1) is 0 Å². The summed E-state index contributed by atoms with van der Waals surface area (Å²) in [5.74, 6) is 0.209. The van der Waals surface area contributed by atoms with E-state index in [0.717, 1.165) is 0 Å². The van der Waals surface area contributed by atoms with Gasteiger partial charge in [-0.05, 0) is 34.1 Å². The number of benzene rings is 1. The first kappa shape index (κ1) is 12.3. The van der Waals surface area contributed by atoms with Crippen molar-refractivity contribution in [3.63, 3.8) is 0 Å². The summed E-state index contributed by atoms with van der Waals surface area (Å²) in [5, 5.41) is 10.9.